The van der Waals surface area contributed by atoms with E-state index in [1.807, 2.05) is 0 Å². The summed E-state index contributed by atoms with van der Waals surface area (Å²) < 4.78 is 0. The first kappa shape index (κ1) is 6.49. The molecule has 0 N–H and O–H groups in total. The van der Waals surface area contributed by atoms with E-state index < -0.39 is 0 Å². The van der Waals surface area contributed by atoms with E-state index >= 15 is 0 Å². The largest absolute Gasteiger partial charge is 0.152 e. The fraction of sp³-hybridized carbons (Fsp3) is 1.00. The van der Waals surface area contributed by atoms with Gasteiger partial charge in [0.05, 0.1) is 0 Å². The molecule has 0 saturated heterocycles. The molecule has 0 nitrogen and oxygen atoms in total. The molecule has 0 aromatic rings. The lowest BCUT2D eigenvalue weighted by atomic mass is 10.2. The highest BCUT2D eigenvalue weighted by Crippen LogP contribution is 2.25. The van der Waals surface area contributed by atoms with Crippen molar-refractivity contribution in [3.05, 3.63) is 0 Å². The maximum atomic E-state index is 2.29. The summed E-state index contributed by atoms with van der Waals surface area (Å²) >= 11 is 0. The summed E-state index contributed by atoms with van der Waals surface area (Å²) in [4.78, 5) is 0. The summed E-state index contributed by atoms with van der Waals surface area (Å²) in [7, 11) is 0.299. The first-order chi connectivity index (χ1) is 2.81. The summed E-state index contributed by atoms with van der Waals surface area (Å²) in [6, 6.07) is 0. The van der Waals surface area contributed by atoms with E-state index in [2.05, 4.69) is 27.4 Å². The minimum Gasteiger partial charge on any atom is -0.152 e. The highest BCUT2D eigenvalue weighted by atomic mass is 31.1. The zero-order chi connectivity index (χ0) is 4.99. The van der Waals surface area contributed by atoms with Gasteiger partial charge in [0.2, 0.25) is 0 Å². The van der Waals surface area contributed by atoms with Crippen LogP contribution in [-0.4, -0.2) is 19.8 Å². The standard InChI is InChI=1S/C4H11BP/c1-4-6(3)5-2/h4H2,1-3H3. The van der Waals surface area contributed by atoms with Crippen molar-refractivity contribution >= 4 is 14.8 Å². The smallest absolute Gasteiger partial charge is 0.142 e. The molecule has 0 bridgehead atoms. The topological polar surface area (TPSA) is 0 Å². The van der Waals surface area contributed by atoms with Gasteiger partial charge in [-0.3, -0.25) is 0 Å². The van der Waals surface area contributed by atoms with Gasteiger partial charge in [-0.25, -0.2) is 0 Å². The second-order valence-corrected chi connectivity index (χ2v) is 3.99. The molecular weight excluding hydrogens is 89.8 g/mol. The Bertz CT molecular complexity index is 26.7. The van der Waals surface area contributed by atoms with Crippen LogP contribution in [-0.2, 0) is 0 Å². The molecule has 0 spiro atoms. The summed E-state index contributed by atoms with van der Waals surface area (Å²) in [6.45, 7) is 8.94. The third-order valence-corrected chi connectivity index (χ3v) is 2.82. The Kier molecular flexibility index (Phi) is 3.98. The van der Waals surface area contributed by atoms with Gasteiger partial charge < -0.3 is 0 Å². The van der Waals surface area contributed by atoms with E-state index in [1.165, 1.54) is 6.16 Å². The molecule has 0 saturated carbocycles. The molecule has 0 aliphatic rings. The molecular formula is C4H11BP. The molecule has 1 atom stereocenters. The Morgan fingerprint density at radius 2 is 2.17 bits per heavy atom. The molecule has 0 fully saturated rings. The van der Waals surface area contributed by atoms with Crippen LogP contribution in [0.3, 0.4) is 0 Å². The molecule has 1 radical (unpaired) electrons. The van der Waals surface area contributed by atoms with E-state index in [0.29, 0.717) is 7.80 Å². The highest BCUT2D eigenvalue weighted by molar-refractivity contribution is 7.85. The van der Waals surface area contributed by atoms with E-state index in [1.54, 1.807) is 0 Å². The summed E-state index contributed by atoms with van der Waals surface area (Å²) in [5.74, 6) is 0. The fourth-order valence-corrected chi connectivity index (χ4v) is 0.548. The van der Waals surface area contributed by atoms with Crippen LogP contribution in [0.25, 0.3) is 0 Å². The molecule has 0 aliphatic heterocycles. The first-order valence-electron chi connectivity index (χ1n) is 2.31. The number of rotatable bonds is 2. The Morgan fingerprint density at radius 1 is 1.67 bits per heavy atom. The third-order valence-electron chi connectivity index (χ3n) is 0.940. The monoisotopic (exact) mass is 101 g/mol. The van der Waals surface area contributed by atoms with Crippen LogP contribution in [0.1, 0.15) is 6.92 Å². The Labute approximate surface area is 42.3 Å². The van der Waals surface area contributed by atoms with Gasteiger partial charge in [-0.2, -0.15) is 7.80 Å². The maximum absolute atomic E-state index is 2.29. The van der Waals surface area contributed by atoms with Crippen molar-refractivity contribution in [1.82, 2.24) is 0 Å². The van der Waals surface area contributed by atoms with Crippen molar-refractivity contribution in [2.45, 2.75) is 13.7 Å². The summed E-state index contributed by atoms with van der Waals surface area (Å²) in [5, 5.41) is 0. The molecule has 0 amide bonds. The number of hydrogen-bond donors (Lipinski definition) is 0. The molecule has 0 aromatic heterocycles. The second kappa shape index (κ2) is 3.68. The Balaban J connectivity index is 2.75. The molecule has 0 heterocycles. The predicted octanol–water partition coefficient (Wildman–Crippen LogP) is 1.79. The molecule has 0 aliphatic carbocycles. The lowest BCUT2D eigenvalue weighted by molar-refractivity contribution is 1.51. The van der Waals surface area contributed by atoms with E-state index in [0.717, 1.165) is 0 Å². The van der Waals surface area contributed by atoms with Crippen molar-refractivity contribution in [2.75, 3.05) is 12.8 Å². The third kappa shape index (κ3) is 2.72. The van der Waals surface area contributed by atoms with Crippen molar-refractivity contribution in [1.29, 1.82) is 0 Å². The van der Waals surface area contributed by atoms with Gasteiger partial charge in [0.1, 0.15) is 7.00 Å². The zero-order valence-electron chi connectivity index (χ0n) is 4.73. The van der Waals surface area contributed by atoms with Crippen molar-refractivity contribution in [3.63, 3.8) is 0 Å². The molecule has 0 aromatic carbocycles. The first-order valence-corrected chi connectivity index (χ1v) is 4.35. The Morgan fingerprint density at radius 3 is 2.17 bits per heavy atom. The predicted molar refractivity (Wildman–Crippen MR) is 35.0 cm³/mol. The quantitative estimate of drug-likeness (QED) is 0.367. The Hall–Kier alpha value is 0.495. The van der Waals surface area contributed by atoms with Crippen LogP contribution in [0.2, 0.25) is 6.82 Å². The molecule has 2 heteroatoms. The van der Waals surface area contributed by atoms with E-state index in [4.69, 9.17) is 0 Å². The lowest BCUT2D eigenvalue weighted by Gasteiger charge is -1.99. The maximum Gasteiger partial charge on any atom is 0.142 e. The van der Waals surface area contributed by atoms with Crippen LogP contribution in [0, 0.1) is 0 Å². The molecule has 35 valence electrons. The highest BCUT2D eigenvalue weighted by Gasteiger charge is 1.89. The van der Waals surface area contributed by atoms with Crippen LogP contribution in [0.4, 0.5) is 0 Å². The summed E-state index contributed by atoms with van der Waals surface area (Å²) in [5.41, 5.74) is 0. The molecule has 1 unspecified atom stereocenters. The van der Waals surface area contributed by atoms with Crippen LogP contribution >= 0.6 is 7.80 Å². The van der Waals surface area contributed by atoms with Crippen molar-refractivity contribution < 1.29 is 0 Å². The fourth-order valence-electron chi connectivity index (χ4n) is 0.183. The molecule has 0 rings (SSSR count). The van der Waals surface area contributed by atoms with Gasteiger partial charge in [0, 0.05) is 0 Å². The lowest BCUT2D eigenvalue weighted by Crippen LogP contribution is -1.79. The number of hydrogen-bond acceptors (Lipinski definition) is 0. The average molecular weight is 101 g/mol. The van der Waals surface area contributed by atoms with Gasteiger partial charge in [-0.15, -0.1) is 0 Å². The van der Waals surface area contributed by atoms with E-state index in [-0.39, 0.29) is 0 Å². The molecule has 6 heavy (non-hydrogen) atoms. The van der Waals surface area contributed by atoms with E-state index in [9.17, 15) is 0 Å². The SMILES string of the molecule is C[B]P(C)CC. The summed E-state index contributed by atoms with van der Waals surface area (Å²) in [6.07, 6.45) is 1.34. The van der Waals surface area contributed by atoms with Gasteiger partial charge in [0.25, 0.3) is 0 Å². The van der Waals surface area contributed by atoms with Gasteiger partial charge in [-0.05, 0) is 6.16 Å². The van der Waals surface area contributed by atoms with Gasteiger partial charge in [0.15, 0.2) is 0 Å². The van der Waals surface area contributed by atoms with Crippen LogP contribution < -0.4 is 0 Å². The minimum atomic E-state index is 0.299. The van der Waals surface area contributed by atoms with Crippen molar-refractivity contribution in [2.24, 2.45) is 0 Å². The normalized spacial score (nSPS) is 13.8. The average Bonchev–Trinajstić information content (AvgIpc) is 1.65. The van der Waals surface area contributed by atoms with Crippen LogP contribution in [0.15, 0.2) is 0 Å². The minimum absolute atomic E-state index is 0.299. The zero-order valence-corrected chi connectivity index (χ0v) is 5.63. The van der Waals surface area contributed by atoms with Crippen molar-refractivity contribution in [3.8, 4) is 0 Å². The van der Waals surface area contributed by atoms with Gasteiger partial charge in [-0.1, -0.05) is 20.4 Å². The van der Waals surface area contributed by atoms with Crippen LogP contribution in [0.5, 0.6) is 0 Å². The second-order valence-electron chi connectivity index (χ2n) is 1.33. The van der Waals surface area contributed by atoms with Gasteiger partial charge >= 0.3 is 0 Å².